The molecule has 1 amide bonds. The molecule has 0 radical (unpaired) electrons. The van der Waals surface area contributed by atoms with Gasteiger partial charge < -0.3 is 15.0 Å². The molecule has 1 aromatic carbocycles. The number of hydrogen-bond acceptors (Lipinski definition) is 6. The van der Waals surface area contributed by atoms with Crippen molar-refractivity contribution >= 4 is 45.0 Å². The first-order valence-corrected chi connectivity index (χ1v) is 10.6. The molecule has 1 fully saturated rings. The molecular formula is C19H19F4N3O2S2. The third kappa shape index (κ3) is 5.10. The highest BCUT2D eigenvalue weighted by Gasteiger charge is 2.38. The molecule has 1 aliphatic heterocycles. The number of rotatable bonds is 3. The largest absolute Gasteiger partial charge is 0.446 e. The number of anilines is 1. The normalized spacial score (nSPS) is 19.7. The number of amides is 1. The van der Waals surface area contributed by atoms with Crippen LogP contribution in [-0.4, -0.2) is 47.4 Å². The van der Waals surface area contributed by atoms with Gasteiger partial charge in [0, 0.05) is 11.9 Å². The summed E-state index contributed by atoms with van der Waals surface area (Å²) in [6, 6.07) is 5.72. The molecule has 0 bridgehead atoms. The van der Waals surface area contributed by atoms with Crippen molar-refractivity contribution in [3.8, 4) is 6.07 Å². The highest BCUT2D eigenvalue weighted by Crippen LogP contribution is 2.47. The predicted molar refractivity (Wildman–Crippen MR) is 109 cm³/mol. The molecule has 3 rings (SSSR count). The van der Waals surface area contributed by atoms with Gasteiger partial charge in [0.05, 0.1) is 27.9 Å². The second-order valence-corrected chi connectivity index (χ2v) is 9.85. The lowest BCUT2D eigenvalue weighted by Gasteiger charge is -2.24. The number of ether oxygens (including phenoxy) is 1. The number of thioether (sulfide) groups is 1. The van der Waals surface area contributed by atoms with Gasteiger partial charge in [-0.3, -0.25) is 0 Å². The Morgan fingerprint density at radius 3 is 2.63 bits per heavy atom. The number of carbonyl (C=O) groups excluding carboxylic acids is 1. The first-order chi connectivity index (χ1) is 13.9. The number of nitrogens with one attached hydrogen (secondary N) is 1. The number of alkyl halides is 4. The quantitative estimate of drug-likeness (QED) is 0.466. The summed E-state index contributed by atoms with van der Waals surface area (Å²) in [4.78, 5) is 13.2. The third-order valence-corrected chi connectivity index (χ3v) is 6.36. The number of thiophene rings is 1. The topological polar surface area (TPSA) is 65.4 Å². The lowest BCUT2D eigenvalue weighted by Crippen LogP contribution is -2.36. The lowest BCUT2D eigenvalue weighted by atomic mass is 10.2. The van der Waals surface area contributed by atoms with Crippen molar-refractivity contribution in [1.29, 1.82) is 5.26 Å². The molecule has 1 aliphatic rings. The zero-order chi connectivity index (χ0) is 22.3. The number of halogens is 4. The van der Waals surface area contributed by atoms with E-state index in [1.165, 1.54) is 11.0 Å². The minimum Gasteiger partial charge on any atom is -0.444 e. The van der Waals surface area contributed by atoms with Gasteiger partial charge in [0.1, 0.15) is 22.7 Å². The van der Waals surface area contributed by atoms with Gasteiger partial charge in [0.2, 0.25) is 0 Å². The summed E-state index contributed by atoms with van der Waals surface area (Å²) in [6.07, 6.45) is -2.01. The van der Waals surface area contributed by atoms with Gasteiger partial charge in [-0.15, -0.1) is 11.3 Å². The van der Waals surface area contributed by atoms with Crippen LogP contribution in [0.1, 0.15) is 25.6 Å². The average Bonchev–Trinajstić information content (AvgIpc) is 3.14. The molecule has 2 aromatic rings. The second-order valence-electron chi connectivity index (χ2n) is 7.75. The van der Waals surface area contributed by atoms with E-state index in [2.05, 4.69) is 5.32 Å². The monoisotopic (exact) mass is 461 g/mol. The zero-order valence-electron chi connectivity index (χ0n) is 16.3. The smallest absolute Gasteiger partial charge is 0.444 e. The van der Waals surface area contributed by atoms with Crippen molar-refractivity contribution in [3.63, 3.8) is 0 Å². The summed E-state index contributed by atoms with van der Waals surface area (Å²) in [5.74, 6) is 0. The van der Waals surface area contributed by atoms with Crippen LogP contribution < -0.4 is 5.32 Å². The summed E-state index contributed by atoms with van der Waals surface area (Å²) in [7, 11) is 0. The van der Waals surface area contributed by atoms with Gasteiger partial charge in [0.25, 0.3) is 0 Å². The Labute approximate surface area is 179 Å². The molecule has 2 atom stereocenters. The standard InChI is InChI=1S/C19H19F4N3O2S2/c1-18(2,3)28-17(27)26-8-11(20)13(9-26)25-12-6-4-5-10-15(12)29-14(7-24)16(10)30-19(21,22)23/h4-6,11,13,25H,8-9H2,1-3H3/t11-,13+/m0/s1. The molecule has 0 spiro atoms. The van der Waals surface area contributed by atoms with Crippen LogP contribution in [0.25, 0.3) is 10.1 Å². The molecule has 0 aliphatic carbocycles. The van der Waals surface area contributed by atoms with E-state index in [1.54, 1.807) is 32.9 Å². The van der Waals surface area contributed by atoms with Crippen LogP contribution in [0.15, 0.2) is 23.1 Å². The molecule has 0 unspecified atom stereocenters. The maximum Gasteiger partial charge on any atom is 0.446 e. The highest BCUT2D eigenvalue weighted by atomic mass is 32.2. The fourth-order valence-electron chi connectivity index (χ4n) is 3.08. The van der Waals surface area contributed by atoms with Crippen LogP contribution in [0.5, 0.6) is 0 Å². The van der Waals surface area contributed by atoms with Crippen LogP contribution in [-0.2, 0) is 4.74 Å². The van der Waals surface area contributed by atoms with E-state index in [1.807, 2.05) is 6.07 Å². The van der Waals surface area contributed by atoms with Crippen molar-refractivity contribution in [2.75, 3.05) is 18.4 Å². The lowest BCUT2D eigenvalue weighted by molar-refractivity contribution is -0.0327. The Morgan fingerprint density at radius 2 is 2.03 bits per heavy atom. The molecule has 1 saturated heterocycles. The Balaban J connectivity index is 1.84. The van der Waals surface area contributed by atoms with E-state index in [0.29, 0.717) is 10.4 Å². The van der Waals surface area contributed by atoms with Gasteiger partial charge in [0.15, 0.2) is 0 Å². The molecule has 0 saturated carbocycles. The minimum absolute atomic E-state index is 0.0487. The van der Waals surface area contributed by atoms with E-state index in [0.717, 1.165) is 11.3 Å². The number of nitrogens with zero attached hydrogens (tertiary/aromatic N) is 2. The number of likely N-dealkylation sites (tertiary alicyclic amines) is 1. The van der Waals surface area contributed by atoms with Crippen molar-refractivity contribution in [1.82, 2.24) is 4.90 Å². The molecule has 30 heavy (non-hydrogen) atoms. The summed E-state index contributed by atoms with van der Waals surface area (Å²) in [5, 5.41) is 12.5. The van der Waals surface area contributed by atoms with Crippen molar-refractivity contribution in [3.05, 3.63) is 23.1 Å². The van der Waals surface area contributed by atoms with Crippen molar-refractivity contribution < 1.29 is 27.1 Å². The fourth-order valence-corrected chi connectivity index (χ4v) is 5.01. The summed E-state index contributed by atoms with van der Waals surface area (Å²) < 4.78 is 59.0. The number of nitriles is 1. The Bertz CT molecular complexity index is 995. The van der Waals surface area contributed by atoms with Gasteiger partial charge in [-0.25, -0.2) is 9.18 Å². The molecule has 5 nitrogen and oxygen atoms in total. The number of benzene rings is 1. The van der Waals surface area contributed by atoms with Gasteiger partial charge in [-0.1, -0.05) is 12.1 Å². The molecule has 162 valence electrons. The van der Waals surface area contributed by atoms with Gasteiger partial charge >= 0.3 is 11.6 Å². The minimum atomic E-state index is -4.54. The predicted octanol–water partition coefficient (Wildman–Crippen LogP) is 5.75. The summed E-state index contributed by atoms with van der Waals surface area (Å²) >= 11 is 0.585. The average molecular weight is 462 g/mol. The van der Waals surface area contributed by atoms with Crippen LogP contribution in [0, 0.1) is 11.3 Å². The van der Waals surface area contributed by atoms with E-state index < -0.39 is 29.4 Å². The SMILES string of the molecule is CC(C)(C)OC(=O)N1C[C@H](F)[C@H](Nc2cccc3c(SC(F)(F)F)c(C#N)sc23)C1. The molecule has 2 heterocycles. The first-order valence-electron chi connectivity index (χ1n) is 8.98. The van der Waals surface area contributed by atoms with Gasteiger partial charge in [-0.2, -0.15) is 18.4 Å². The number of carbonyl (C=O) groups is 1. The van der Waals surface area contributed by atoms with Gasteiger partial charge in [-0.05, 0) is 38.6 Å². The maximum atomic E-state index is 14.6. The fraction of sp³-hybridized carbons (Fsp3) is 0.474. The van der Waals surface area contributed by atoms with Crippen molar-refractivity contribution in [2.24, 2.45) is 0 Å². The molecule has 1 N–H and O–H groups in total. The third-order valence-electron chi connectivity index (χ3n) is 4.23. The van der Waals surface area contributed by atoms with Crippen molar-refractivity contribution in [2.45, 2.75) is 49.0 Å². The number of hydrogen-bond donors (Lipinski definition) is 1. The summed E-state index contributed by atoms with van der Waals surface area (Å²) in [6.45, 7) is 5.04. The zero-order valence-corrected chi connectivity index (χ0v) is 18.0. The highest BCUT2D eigenvalue weighted by molar-refractivity contribution is 8.00. The van der Waals surface area contributed by atoms with E-state index in [-0.39, 0.29) is 40.0 Å². The molecule has 11 heteroatoms. The molecule has 1 aromatic heterocycles. The van der Waals surface area contributed by atoms with E-state index in [4.69, 9.17) is 4.74 Å². The van der Waals surface area contributed by atoms with E-state index in [9.17, 15) is 27.6 Å². The van der Waals surface area contributed by atoms with Crippen LogP contribution in [0.3, 0.4) is 0 Å². The van der Waals surface area contributed by atoms with E-state index >= 15 is 0 Å². The van der Waals surface area contributed by atoms with Crippen LogP contribution in [0.4, 0.5) is 28.0 Å². The number of fused-ring (bicyclic) bond motifs is 1. The van der Waals surface area contributed by atoms with Crippen LogP contribution in [0.2, 0.25) is 0 Å². The molecular weight excluding hydrogens is 442 g/mol. The Hall–Kier alpha value is -2.19. The summed E-state index contributed by atoms with van der Waals surface area (Å²) in [5.41, 5.74) is -4.83. The maximum absolute atomic E-state index is 14.6. The Morgan fingerprint density at radius 1 is 1.33 bits per heavy atom. The Kier molecular flexibility index (Phi) is 6.11. The second kappa shape index (κ2) is 8.15. The van der Waals surface area contributed by atoms with Crippen LogP contribution >= 0.6 is 23.1 Å². The first kappa shape index (κ1) is 22.5.